The molecule has 2 N–H and O–H groups in total. The molecule has 80 valence electrons. The highest BCUT2D eigenvalue weighted by Crippen LogP contribution is 2.15. The molecule has 0 spiro atoms. The summed E-state index contributed by atoms with van der Waals surface area (Å²) in [6, 6.07) is 2.53. The van der Waals surface area contributed by atoms with Gasteiger partial charge in [-0.05, 0) is 48.7 Å². The van der Waals surface area contributed by atoms with Gasteiger partial charge in [0.1, 0.15) is 0 Å². The van der Waals surface area contributed by atoms with Gasteiger partial charge in [-0.3, -0.25) is 0 Å². The lowest BCUT2D eigenvalue weighted by Crippen LogP contribution is -2.22. The lowest BCUT2D eigenvalue weighted by Gasteiger charge is -2.14. The van der Waals surface area contributed by atoms with Crippen molar-refractivity contribution < 1.29 is 5.11 Å². The Balaban J connectivity index is 2.19. The van der Waals surface area contributed by atoms with Gasteiger partial charge in [0, 0.05) is 6.04 Å². The number of thiophene rings is 1. The Labute approximate surface area is 90.0 Å². The third-order valence-corrected chi connectivity index (χ3v) is 3.14. The van der Waals surface area contributed by atoms with Crippen LogP contribution in [0.15, 0.2) is 16.8 Å². The van der Waals surface area contributed by atoms with Crippen molar-refractivity contribution in [3.8, 4) is 0 Å². The van der Waals surface area contributed by atoms with Gasteiger partial charge in [-0.25, -0.2) is 0 Å². The summed E-state index contributed by atoms with van der Waals surface area (Å²) in [5.74, 6) is 0. The quantitative estimate of drug-likeness (QED) is 0.761. The second-order valence-corrected chi connectivity index (χ2v) is 4.36. The van der Waals surface area contributed by atoms with Crippen LogP contribution in [0.25, 0.3) is 0 Å². The van der Waals surface area contributed by atoms with E-state index in [1.54, 1.807) is 11.3 Å². The number of hydrogen-bond donors (Lipinski definition) is 2. The first-order valence-electron chi connectivity index (χ1n) is 5.17. The van der Waals surface area contributed by atoms with E-state index in [0.717, 1.165) is 19.4 Å². The highest BCUT2D eigenvalue weighted by Gasteiger charge is 2.05. The molecule has 0 bridgehead atoms. The SMILES string of the molecule is CCC(O)CCNC(C)c1ccsc1. The van der Waals surface area contributed by atoms with Gasteiger partial charge in [0.05, 0.1) is 6.10 Å². The molecule has 0 aliphatic carbocycles. The molecule has 0 amide bonds. The molecule has 0 aliphatic heterocycles. The zero-order valence-electron chi connectivity index (χ0n) is 8.86. The van der Waals surface area contributed by atoms with Crippen LogP contribution in [0.5, 0.6) is 0 Å². The predicted molar refractivity (Wildman–Crippen MR) is 61.7 cm³/mol. The minimum absolute atomic E-state index is 0.155. The smallest absolute Gasteiger partial charge is 0.0549 e. The molecule has 2 atom stereocenters. The highest BCUT2D eigenvalue weighted by atomic mass is 32.1. The van der Waals surface area contributed by atoms with Gasteiger partial charge in [0.25, 0.3) is 0 Å². The molecule has 0 aromatic carbocycles. The van der Waals surface area contributed by atoms with Gasteiger partial charge in [-0.15, -0.1) is 0 Å². The Morgan fingerprint density at radius 1 is 1.57 bits per heavy atom. The van der Waals surface area contributed by atoms with Crippen LogP contribution in [-0.4, -0.2) is 17.8 Å². The third-order valence-electron chi connectivity index (χ3n) is 2.44. The number of aliphatic hydroxyl groups is 1. The van der Waals surface area contributed by atoms with E-state index in [4.69, 9.17) is 0 Å². The van der Waals surface area contributed by atoms with Crippen LogP contribution in [0.1, 0.15) is 38.3 Å². The summed E-state index contributed by atoms with van der Waals surface area (Å²) in [6.45, 7) is 5.04. The molecule has 2 nitrogen and oxygen atoms in total. The Morgan fingerprint density at radius 3 is 2.93 bits per heavy atom. The van der Waals surface area contributed by atoms with Crippen LogP contribution in [0.2, 0.25) is 0 Å². The van der Waals surface area contributed by atoms with E-state index in [1.165, 1.54) is 5.56 Å². The number of hydrogen-bond acceptors (Lipinski definition) is 3. The number of nitrogens with one attached hydrogen (secondary N) is 1. The molecule has 0 saturated heterocycles. The van der Waals surface area contributed by atoms with E-state index in [0.29, 0.717) is 6.04 Å². The van der Waals surface area contributed by atoms with Gasteiger partial charge in [-0.1, -0.05) is 6.92 Å². The van der Waals surface area contributed by atoms with Crippen molar-refractivity contribution in [2.45, 2.75) is 38.8 Å². The van der Waals surface area contributed by atoms with Crippen molar-refractivity contribution >= 4 is 11.3 Å². The van der Waals surface area contributed by atoms with Crippen LogP contribution < -0.4 is 5.32 Å². The standard InChI is InChI=1S/C11H19NOS/c1-3-11(13)4-6-12-9(2)10-5-7-14-8-10/h5,7-9,11-13H,3-4,6H2,1-2H3. The topological polar surface area (TPSA) is 32.3 Å². The van der Waals surface area contributed by atoms with Crippen molar-refractivity contribution in [1.29, 1.82) is 0 Å². The van der Waals surface area contributed by atoms with Gasteiger partial charge in [0.15, 0.2) is 0 Å². The summed E-state index contributed by atoms with van der Waals surface area (Å²) in [7, 11) is 0. The first-order chi connectivity index (χ1) is 6.74. The van der Waals surface area contributed by atoms with Crippen LogP contribution in [0, 0.1) is 0 Å². The summed E-state index contributed by atoms with van der Waals surface area (Å²) < 4.78 is 0. The molecule has 1 heterocycles. The summed E-state index contributed by atoms with van der Waals surface area (Å²) in [5, 5.41) is 17.0. The summed E-state index contributed by atoms with van der Waals surface area (Å²) >= 11 is 1.72. The molecule has 1 aromatic rings. The first kappa shape index (κ1) is 11.7. The molecule has 2 unspecified atom stereocenters. The van der Waals surface area contributed by atoms with E-state index < -0.39 is 0 Å². The lowest BCUT2D eigenvalue weighted by molar-refractivity contribution is 0.159. The van der Waals surface area contributed by atoms with Crippen molar-refractivity contribution in [3.63, 3.8) is 0 Å². The van der Waals surface area contributed by atoms with Crippen molar-refractivity contribution in [1.82, 2.24) is 5.32 Å². The monoisotopic (exact) mass is 213 g/mol. The summed E-state index contributed by atoms with van der Waals surface area (Å²) in [5.41, 5.74) is 1.33. The largest absolute Gasteiger partial charge is 0.393 e. The van der Waals surface area contributed by atoms with Crippen LogP contribution in [0.3, 0.4) is 0 Å². The Morgan fingerprint density at radius 2 is 2.36 bits per heavy atom. The molecular weight excluding hydrogens is 194 g/mol. The normalized spacial score (nSPS) is 15.4. The summed E-state index contributed by atoms with van der Waals surface area (Å²) in [6.07, 6.45) is 1.52. The maximum atomic E-state index is 9.36. The van der Waals surface area contributed by atoms with Crippen LogP contribution in [-0.2, 0) is 0 Å². The van der Waals surface area contributed by atoms with E-state index >= 15 is 0 Å². The van der Waals surface area contributed by atoms with Gasteiger partial charge in [0.2, 0.25) is 0 Å². The van der Waals surface area contributed by atoms with Crippen molar-refractivity contribution in [2.24, 2.45) is 0 Å². The van der Waals surface area contributed by atoms with Crippen molar-refractivity contribution in [2.75, 3.05) is 6.54 Å². The fourth-order valence-electron chi connectivity index (χ4n) is 1.31. The molecule has 0 fully saturated rings. The molecule has 1 rings (SSSR count). The average Bonchev–Trinajstić information content (AvgIpc) is 2.70. The molecule has 14 heavy (non-hydrogen) atoms. The maximum Gasteiger partial charge on any atom is 0.0549 e. The third kappa shape index (κ3) is 3.78. The molecule has 1 aromatic heterocycles. The predicted octanol–water partition coefficient (Wildman–Crippen LogP) is 2.56. The average molecular weight is 213 g/mol. The van der Waals surface area contributed by atoms with Crippen molar-refractivity contribution in [3.05, 3.63) is 22.4 Å². The molecule has 3 heteroatoms. The van der Waals surface area contributed by atoms with Crippen LogP contribution in [0.4, 0.5) is 0 Å². The number of aliphatic hydroxyl groups excluding tert-OH is 1. The second kappa shape index (κ2) is 6.17. The zero-order chi connectivity index (χ0) is 10.4. The Kier molecular flexibility index (Phi) is 5.15. The fraction of sp³-hybridized carbons (Fsp3) is 0.636. The Hall–Kier alpha value is -0.380. The number of rotatable bonds is 6. The molecule has 0 aliphatic rings. The van der Waals surface area contributed by atoms with E-state index in [-0.39, 0.29) is 6.10 Å². The van der Waals surface area contributed by atoms with E-state index in [9.17, 15) is 5.11 Å². The summed E-state index contributed by atoms with van der Waals surface area (Å²) in [4.78, 5) is 0. The molecule has 0 saturated carbocycles. The second-order valence-electron chi connectivity index (χ2n) is 3.58. The highest BCUT2D eigenvalue weighted by molar-refractivity contribution is 7.07. The maximum absolute atomic E-state index is 9.36. The fourth-order valence-corrected chi connectivity index (χ4v) is 2.06. The lowest BCUT2D eigenvalue weighted by atomic mass is 10.1. The minimum atomic E-state index is -0.155. The van der Waals surface area contributed by atoms with E-state index in [1.807, 2.05) is 6.92 Å². The first-order valence-corrected chi connectivity index (χ1v) is 6.11. The van der Waals surface area contributed by atoms with Gasteiger partial charge in [-0.2, -0.15) is 11.3 Å². The van der Waals surface area contributed by atoms with E-state index in [2.05, 4.69) is 29.1 Å². The van der Waals surface area contributed by atoms with Gasteiger partial charge >= 0.3 is 0 Å². The molecular formula is C11H19NOS. The zero-order valence-corrected chi connectivity index (χ0v) is 9.68. The van der Waals surface area contributed by atoms with Crippen LogP contribution >= 0.6 is 11.3 Å². The van der Waals surface area contributed by atoms with Gasteiger partial charge < -0.3 is 10.4 Å². The Bertz CT molecular complexity index is 235. The molecule has 0 radical (unpaired) electrons. The minimum Gasteiger partial charge on any atom is -0.393 e.